The maximum absolute atomic E-state index is 11.6. The fraction of sp³-hybridized carbons (Fsp3) is 0.467. The molecule has 0 fully saturated rings. The topological polar surface area (TPSA) is 83.8 Å². The van der Waals surface area contributed by atoms with E-state index >= 15 is 0 Å². The SMILES string of the molecule is COC(=O)c1cccc(C(O)C(O)CCSC(C)=O)c1C. The lowest BCUT2D eigenvalue weighted by Crippen LogP contribution is -2.21. The highest BCUT2D eigenvalue weighted by atomic mass is 32.2. The lowest BCUT2D eigenvalue weighted by molar-refractivity contribution is -0.109. The lowest BCUT2D eigenvalue weighted by atomic mass is 9.95. The van der Waals surface area contributed by atoms with Crippen LogP contribution in [-0.2, 0) is 9.53 Å². The molecule has 0 spiro atoms. The number of methoxy groups -OCH3 is 1. The number of carbonyl (C=O) groups excluding carboxylic acids is 2. The fourth-order valence-electron chi connectivity index (χ4n) is 1.99. The maximum Gasteiger partial charge on any atom is 0.338 e. The van der Waals surface area contributed by atoms with Crippen molar-refractivity contribution in [2.45, 2.75) is 32.5 Å². The molecule has 0 saturated heterocycles. The Hall–Kier alpha value is -1.37. The van der Waals surface area contributed by atoms with E-state index in [2.05, 4.69) is 4.74 Å². The van der Waals surface area contributed by atoms with E-state index in [1.165, 1.54) is 14.0 Å². The molecule has 0 radical (unpaired) electrons. The molecule has 0 aliphatic carbocycles. The minimum atomic E-state index is -1.11. The molecule has 0 amide bonds. The zero-order valence-electron chi connectivity index (χ0n) is 12.3. The van der Waals surface area contributed by atoms with Crippen molar-refractivity contribution in [3.05, 3.63) is 34.9 Å². The number of hydrogen-bond acceptors (Lipinski definition) is 6. The van der Waals surface area contributed by atoms with Crippen molar-refractivity contribution < 1.29 is 24.5 Å². The largest absolute Gasteiger partial charge is 0.465 e. The fourth-order valence-corrected chi connectivity index (χ4v) is 2.64. The molecule has 5 nitrogen and oxygen atoms in total. The van der Waals surface area contributed by atoms with Gasteiger partial charge in [0.1, 0.15) is 6.10 Å². The van der Waals surface area contributed by atoms with Crippen LogP contribution in [0.3, 0.4) is 0 Å². The molecule has 0 aromatic heterocycles. The van der Waals surface area contributed by atoms with Crippen molar-refractivity contribution in [1.82, 2.24) is 0 Å². The van der Waals surface area contributed by atoms with Crippen LogP contribution in [0.1, 0.15) is 40.9 Å². The predicted octanol–water partition coefficient (Wildman–Crippen LogP) is 1.85. The highest BCUT2D eigenvalue weighted by molar-refractivity contribution is 8.13. The molecule has 0 aliphatic heterocycles. The highest BCUT2D eigenvalue weighted by Gasteiger charge is 2.22. The third-order valence-electron chi connectivity index (χ3n) is 3.18. The molecule has 0 bridgehead atoms. The Morgan fingerprint density at radius 3 is 2.57 bits per heavy atom. The lowest BCUT2D eigenvalue weighted by Gasteiger charge is -2.20. The Morgan fingerprint density at radius 2 is 2.00 bits per heavy atom. The molecule has 1 rings (SSSR count). The third kappa shape index (κ3) is 4.84. The number of aliphatic hydroxyl groups is 2. The molecule has 0 aliphatic rings. The Bertz CT molecular complexity index is 515. The second-order valence-electron chi connectivity index (χ2n) is 4.65. The van der Waals surface area contributed by atoms with Gasteiger partial charge in [0.05, 0.1) is 18.8 Å². The average Bonchev–Trinajstić information content (AvgIpc) is 2.45. The third-order valence-corrected chi connectivity index (χ3v) is 4.03. The summed E-state index contributed by atoms with van der Waals surface area (Å²) in [7, 11) is 1.29. The van der Waals surface area contributed by atoms with E-state index in [-0.39, 0.29) is 11.5 Å². The van der Waals surface area contributed by atoms with Crippen LogP contribution in [0.25, 0.3) is 0 Å². The minimum Gasteiger partial charge on any atom is -0.465 e. The van der Waals surface area contributed by atoms with Gasteiger partial charge in [-0.1, -0.05) is 23.9 Å². The number of aliphatic hydroxyl groups excluding tert-OH is 2. The number of benzene rings is 1. The molecular formula is C15H20O5S. The van der Waals surface area contributed by atoms with Gasteiger partial charge in [0, 0.05) is 12.7 Å². The standard InChI is InChI=1S/C15H20O5S/c1-9-11(5-4-6-12(9)15(19)20-3)14(18)13(17)7-8-21-10(2)16/h4-6,13-14,17-18H,7-8H2,1-3H3. The number of hydrogen-bond donors (Lipinski definition) is 2. The summed E-state index contributed by atoms with van der Waals surface area (Å²) in [5.41, 5.74) is 1.42. The van der Waals surface area contributed by atoms with Crippen LogP contribution < -0.4 is 0 Å². The number of thioether (sulfide) groups is 1. The Kier molecular flexibility index (Phi) is 6.87. The molecule has 21 heavy (non-hydrogen) atoms. The van der Waals surface area contributed by atoms with E-state index in [4.69, 9.17) is 0 Å². The molecule has 6 heteroatoms. The van der Waals surface area contributed by atoms with Gasteiger partial charge in [0.15, 0.2) is 5.12 Å². The first-order chi connectivity index (χ1) is 9.88. The molecule has 1 aromatic rings. The normalized spacial score (nSPS) is 13.6. The second kappa shape index (κ2) is 8.17. The molecule has 0 heterocycles. The first kappa shape index (κ1) is 17.7. The summed E-state index contributed by atoms with van der Waals surface area (Å²) in [6, 6.07) is 4.90. The summed E-state index contributed by atoms with van der Waals surface area (Å²) in [5.74, 6) is -0.0493. The van der Waals surface area contributed by atoms with Crippen molar-refractivity contribution in [3.8, 4) is 0 Å². The Morgan fingerprint density at radius 1 is 1.33 bits per heavy atom. The van der Waals surface area contributed by atoms with Crippen LogP contribution >= 0.6 is 11.8 Å². The van der Waals surface area contributed by atoms with Gasteiger partial charge in [0.2, 0.25) is 0 Å². The van der Waals surface area contributed by atoms with E-state index in [1.54, 1.807) is 25.1 Å². The van der Waals surface area contributed by atoms with Gasteiger partial charge >= 0.3 is 5.97 Å². The van der Waals surface area contributed by atoms with Crippen molar-refractivity contribution in [1.29, 1.82) is 0 Å². The average molecular weight is 312 g/mol. The zero-order valence-corrected chi connectivity index (χ0v) is 13.1. The summed E-state index contributed by atoms with van der Waals surface area (Å²) < 4.78 is 4.68. The van der Waals surface area contributed by atoms with Crippen molar-refractivity contribution >= 4 is 22.8 Å². The highest BCUT2D eigenvalue weighted by Crippen LogP contribution is 2.26. The number of carbonyl (C=O) groups is 2. The first-order valence-electron chi connectivity index (χ1n) is 6.55. The van der Waals surface area contributed by atoms with Crippen LogP contribution in [0.15, 0.2) is 18.2 Å². The van der Waals surface area contributed by atoms with E-state index in [0.29, 0.717) is 22.4 Å². The summed E-state index contributed by atoms with van der Waals surface area (Å²) in [4.78, 5) is 22.5. The smallest absolute Gasteiger partial charge is 0.338 e. The van der Waals surface area contributed by atoms with Gasteiger partial charge < -0.3 is 14.9 Å². The molecule has 2 N–H and O–H groups in total. The molecule has 116 valence electrons. The Balaban J connectivity index is 2.84. The first-order valence-corrected chi connectivity index (χ1v) is 7.54. The summed E-state index contributed by atoms with van der Waals surface area (Å²) in [5, 5.41) is 20.2. The van der Waals surface area contributed by atoms with E-state index in [1.807, 2.05) is 0 Å². The number of esters is 1. The molecule has 2 unspecified atom stereocenters. The summed E-state index contributed by atoms with van der Waals surface area (Å²) in [6.45, 7) is 3.15. The molecular weight excluding hydrogens is 292 g/mol. The van der Waals surface area contributed by atoms with Crippen molar-refractivity contribution in [2.24, 2.45) is 0 Å². The maximum atomic E-state index is 11.6. The van der Waals surface area contributed by atoms with Gasteiger partial charge in [-0.15, -0.1) is 0 Å². The van der Waals surface area contributed by atoms with Crippen LogP contribution in [0, 0.1) is 6.92 Å². The molecule has 2 atom stereocenters. The molecule has 0 saturated carbocycles. The second-order valence-corrected chi connectivity index (χ2v) is 5.92. The minimum absolute atomic E-state index is 0.0273. The van der Waals surface area contributed by atoms with Gasteiger partial charge in [-0.2, -0.15) is 0 Å². The van der Waals surface area contributed by atoms with Gasteiger partial charge in [-0.05, 0) is 30.5 Å². The van der Waals surface area contributed by atoms with Crippen LogP contribution in [-0.4, -0.2) is 40.3 Å². The summed E-state index contributed by atoms with van der Waals surface area (Å²) >= 11 is 1.10. The van der Waals surface area contributed by atoms with Crippen molar-refractivity contribution in [2.75, 3.05) is 12.9 Å². The number of rotatable bonds is 6. The van der Waals surface area contributed by atoms with Crippen LogP contribution in [0.2, 0.25) is 0 Å². The monoisotopic (exact) mass is 312 g/mol. The predicted molar refractivity (Wildman–Crippen MR) is 81.2 cm³/mol. The van der Waals surface area contributed by atoms with Gasteiger partial charge in [-0.3, -0.25) is 4.79 Å². The van der Waals surface area contributed by atoms with Crippen molar-refractivity contribution in [3.63, 3.8) is 0 Å². The molecule has 1 aromatic carbocycles. The van der Waals surface area contributed by atoms with Gasteiger partial charge in [-0.25, -0.2) is 4.79 Å². The Labute approximate surface area is 128 Å². The van der Waals surface area contributed by atoms with E-state index in [9.17, 15) is 19.8 Å². The zero-order chi connectivity index (χ0) is 16.0. The van der Waals surface area contributed by atoms with Gasteiger partial charge in [0.25, 0.3) is 0 Å². The van der Waals surface area contributed by atoms with E-state index in [0.717, 1.165) is 11.8 Å². The number of ether oxygens (including phenoxy) is 1. The van der Waals surface area contributed by atoms with E-state index < -0.39 is 18.2 Å². The van der Waals surface area contributed by atoms with Crippen LogP contribution in [0.5, 0.6) is 0 Å². The summed E-state index contributed by atoms with van der Waals surface area (Å²) in [6.07, 6.45) is -1.82. The van der Waals surface area contributed by atoms with Crippen LogP contribution in [0.4, 0.5) is 0 Å². The quantitative estimate of drug-likeness (QED) is 0.780.